The number of alkyl halides is 3. The fourth-order valence-electron chi connectivity index (χ4n) is 2.93. The molecule has 1 aromatic carbocycles. The van der Waals surface area contributed by atoms with Crippen molar-refractivity contribution in [3.8, 4) is 0 Å². The van der Waals surface area contributed by atoms with Crippen LogP contribution in [0.25, 0.3) is 0 Å². The molecule has 0 amide bonds. The van der Waals surface area contributed by atoms with Crippen molar-refractivity contribution in [2.24, 2.45) is 21.5 Å². The summed E-state index contributed by atoms with van der Waals surface area (Å²) in [6.45, 7) is 1.69. The van der Waals surface area contributed by atoms with Crippen molar-refractivity contribution in [3.05, 3.63) is 28.8 Å². The van der Waals surface area contributed by atoms with E-state index in [0.29, 0.717) is 0 Å². The number of benzene rings is 1. The Kier molecular flexibility index (Phi) is 5.46. The zero-order chi connectivity index (χ0) is 19.9. The molecular formula is C16H18ClF3N4O3. The van der Waals surface area contributed by atoms with E-state index in [1.54, 1.807) is 0 Å². The maximum absolute atomic E-state index is 13.3. The second-order valence-corrected chi connectivity index (χ2v) is 6.78. The minimum absolute atomic E-state index is 0.0284. The van der Waals surface area contributed by atoms with Crippen LogP contribution in [-0.4, -0.2) is 53.8 Å². The van der Waals surface area contributed by atoms with Crippen molar-refractivity contribution < 1.29 is 27.8 Å². The van der Waals surface area contributed by atoms with Gasteiger partial charge in [-0.05, 0) is 25.1 Å². The van der Waals surface area contributed by atoms with Crippen LogP contribution in [0.1, 0.15) is 12.5 Å². The van der Waals surface area contributed by atoms with E-state index in [2.05, 4.69) is 9.98 Å². The molecule has 2 saturated heterocycles. The number of nitrogens with two attached hydrogens (primary N) is 2. The summed E-state index contributed by atoms with van der Waals surface area (Å²) in [6.07, 6.45) is -8.01. The highest BCUT2D eigenvalue weighted by atomic mass is 35.5. The highest BCUT2D eigenvalue weighted by molar-refractivity contribution is 6.30. The maximum atomic E-state index is 13.3. The molecular weight excluding hydrogens is 389 g/mol. The molecule has 0 bridgehead atoms. The first-order valence-electron chi connectivity index (χ1n) is 8.04. The molecule has 2 aliphatic rings. The lowest BCUT2D eigenvalue weighted by atomic mass is 9.90. The number of nitrogens with zero attached hydrogens (tertiary/aromatic N) is 2. The molecule has 2 fully saturated rings. The Morgan fingerprint density at radius 2 is 2.07 bits per heavy atom. The Morgan fingerprint density at radius 3 is 2.63 bits per heavy atom. The van der Waals surface area contributed by atoms with Crippen LogP contribution in [0.5, 0.6) is 0 Å². The highest BCUT2D eigenvalue weighted by Gasteiger charge is 2.51. The van der Waals surface area contributed by atoms with Gasteiger partial charge in [-0.25, -0.2) is 9.98 Å². The standard InChI is InChI=1S/C16H18ClF3N4O3/c1-6(21)23-15(14-12(25)11(22)13-10(27-14)5-26-13)24-9-4-7(17)2-3-8(9)16(18,19)20/h2-4,10-14,25H,5,22H2,1H3,(H2,21,23,24)/t10?,11-,12?,13?,14?/m0/s1. The summed E-state index contributed by atoms with van der Waals surface area (Å²) >= 11 is 5.83. The highest BCUT2D eigenvalue weighted by Crippen LogP contribution is 2.38. The lowest BCUT2D eigenvalue weighted by Crippen LogP contribution is -2.69. The van der Waals surface area contributed by atoms with Crippen molar-refractivity contribution in [1.29, 1.82) is 0 Å². The molecule has 5 N–H and O–H groups in total. The lowest BCUT2D eigenvalue weighted by molar-refractivity contribution is -0.256. The largest absolute Gasteiger partial charge is 0.418 e. The Bertz CT molecular complexity index is 783. The van der Waals surface area contributed by atoms with Crippen LogP contribution in [0.4, 0.5) is 18.9 Å². The van der Waals surface area contributed by atoms with Gasteiger partial charge in [-0.1, -0.05) is 11.6 Å². The normalized spacial score (nSPS) is 32.0. The summed E-state index contributed by atoms with van der Waals surface area (Å²) in [7, 11) is 0. The number of fused-ring (bicyclic) bond motifs is 1. The van der Waals surface area contributed by atoms with Crippen LogP contribution in [0.15, 0.2) is 28.2 Å². The molecule has 11 heteroatoms. The molecule has 5 atom stereocenters. The molecule has 0 aliphatic carbocycles. The smallest absolute Gasteiger partial charge is 0.388 e. The molecule has 4 unspecified atom stereocenters. The third-order valence-electron chi connectivity index (χ3n) is 4.27. The Hall–Kier alpha value is -1.72. The molecule has 7 nitrogen and oxygen atoms in total. The average Bonchev–Trinajstić information content (AvgIpc) is 2.50. The van der Waals surface area contributed by atoms with Crippen LogP contribution >= 0.6 is 11.6 Å². The topological polar surface area (TPSA) is 115 Å². The number of rotatable bonds is 2. The Labute approximate surface area is 157 Å². The lowest BCUT2D eigenvalue weighted by Gasteiger charge is -2.48. The molecule has 0 spiro atoms. The molecule has 0 aromatic heterocycles. The minimum atomic E-state index is -4.66. The third-order valence-corrected chi connectivity index (χ3v) is 4.51. The van der Waals surface area contributed by atoms with E-state index in [1.165, 1.54) is 6.92 Å². The van der Waals surface area contributed by atoms with Gasteiger partial charge in [0.25, 0.3) is 0 Å². The van der Waals surface area contributed by atoms with Crippen LogP contribution < -0.4 is 11.5 Å². The Morgan fingerprint density at radius 1 is 1.37 bits per heavy atom. The molecule has 2 aliphatic heterocycles. The summed E-state index contributed by atoms with van der Waals surface area (Å²) in [5, 5.41) is 10.5. The fraction of sp³-hybridized carbons (Fsp3) is 0.500. The molecule has 0 radical (unpaired) electrons. The van der Waals surface area contributed by atoms with Crippen LogP contribution in [0, 0.1) is 0 Å². The second-order valence-electron chi connectivity index (χ2n) is 6.34. The molecule has 3 rings (SSSR count). The fourth-order valence-corrected chi connectivity index (χ4v) is 3.10. The van der Waals surface area contributed by atoms with Gasteiger partial charge in [-0.3, -0.25) is 0 Å². The predicted octanol–water partition coefficient (Wildman–Crippen LogP) is 1.62. The van der Waals surface area contributed by atoms with Gasteiger partial charge in [0, 0.05) is 5.02 Å². The zero-order valence-electron chi connectivity index (χ0n) is 14.2. The van der Waals surface area contributed by atoms with E-state index in [1.807, 2.05) is 0 Å². The van der Waals surface area contributed by atoms with Gasteiger partial charge < -0.3 is 26.0 Å². The van der Waals surface area contributed by atoms with Gasteiger partial charge in [0.1, 0.15) is 24.4 Å². The van der Waals surface area contributed by atoms with E-state index >= 15 is 0 Å². The molecule has 0 saturated carbocycles. The summed E-state index contributed by atoms with van der Waals surface area (Å²) in [6, 6.07) is 2.18. The summed E-state index contributed by atoms with van der Waals surface area (Å²) in [4.78, 5) is 7.95. The molecule has 1 aromatic rings. The second kappa shape index (κ2) is 7.36. The van der Waals surface area contributed by atoms with Crippen molar-refractivity contribution in [3.63, 3.8) is 0 Å². The Balaban J connectivity index is 2.06. The van der Waals surface area contributed by atoms with Gasteiger partial charge in [-0.15, -0.1) is 0 Å². The monoisotopic (exact) mass is 406 g/mol. The van der Waals surface area contributed by atoms with Gasteiger partial charge in [0.2, 0.25) is 0 Å². The number of aliphatic hydroxyl groups excluding tert-OH is 1. The quantitative estimate of drug-likeness (QED) is 0.510. The van der Waals surface area contributed by atoms with Crippen molar-refractivity contribution in [2.45, 2.75) is 43.6 Å². The van der Waals surface area contributed by atoms with Crippen molar-refractivity contribution >= 4 is 29.0 Å². The number of aliphatic hydroxyl groups is 1. The summed E-state index contributed by atoms with van der Waals surface area (Å²) < 4.78 is 50.9. The van der Waals surface area contributed by atoms with Crippen molar-refractivity contribution in [1.82, 2.24) is 0 Å². The van der Waals surface area contributed by atoms with E-state index < -0.39 is 47.9 Å². The van der Waals surface area contributed by atoms with Crippen LogP contribution in [0.3, 0.4) is 0 Å². The summed E-state index contributed by atoms with van der Waals surface area (Å²) in [5.41, 5.74) is 10.1. The number of ether oxygens (including phenoxy) is 2. The first-order valence-corrected chi connectivity index (χ1v) is 8.42. The summed E-state index contributed by atoms with van der Waals surface area (Å²) in [5.74, 6) is -0.197. The average molecular weight is 407 g/mol. The minimum Gasteiger partial charge on any atom is -0.388 e. The van der Waals surface area contributed by atoms with E-state index in [4.69, 9.17) is 32.5 Å². The van der Waals surface area contributed by atoms with Gasteiger partial charge >= 0.3 is 6.18 Å². The SMILES string of the molecule is CC(N)=NC(=Nc1cc(Cl)ccc1C(F)(F)F)C1OC2COC2[C@@H](N)C1O. The first-order chi connectivity index (χ1) is 12.6. The van der Waals surface area contributed by atoms with E-state index in [-0.39, 0.29) is 23.3 Å². The van der Waals surface area contributed by atoms with Gasteiger partial charge in [-0.2, -0.15) is 13.2 Å². The van der Waals surface area contributed by atoms with Gasteiger partial charge in [0.05, 0.1) is 29.7 Å². The number of aliphatic imine (C=N–C) groups is 2. The molecule has 27 heavy (non-hydrogen) atoms. The third kappa shape index (κ3) is 4.09. The number of halogens is 4. The molecule has 148 valence electrons. The zero-order valence-corrected chi connectivity index (χ0v) is 14.9. The maximum Gasteiger partial charge on any atom is 0.418 e. The first kappa shape index (κ1) is 20.0. The van der Waals surface area contributed by atoms with E-state index in [0.717, 1.165) is 18.2 Å². The number of hydrogen-bond acceptors (Lipinski definition) is 5. The number of hydrogen-bond donors (Lipinski definition) is 3. The van der Waals surface area contributed by atoms with Gasteiger partial charge in [0.15, 0.2) is 5.84 Å². The number of amidine groups is 2. The predicted molar refractivity (Wildman–Crippen MR) is 93.2 cm³/mol. The van der Waals surface area contributed by atoms with Crippen LogP contribution in [0.2, 0.25) is 5.02 Å². The van der Waals surface area contributed by atoms with Crippen molar-refractivity contribution in [2.75, 3.05) is 6.61 Å². The molecule has 2 heterocycles. The van der Waals surface area contributed by atoms with E-state index in [9.17, 15) is 18.3 Å². The van der Waals surface area contributed by atoms with Crippen LogP contribution in [-0.2, 0) is 15.7 Å².